The Hall–Kier alpha value is -2.34. The largest absolute Gasteiger partial charge is 0.363 e. The van der Waals surface area contributed by atoms with E-state index in [0.717, 1.165) is 28.5 Å². The number of pyridine rings is 1. The Bertz CT molecular complexity index is 754. The van der Waals surface area contributed by atoms with Crippen LogP contribution in [0.15, 0.2) is 36.8 Å². The molecule has 0 spiro atoms. The summed E-state index contributed by atoms with van der Waals surface area (Å²) in [5.74, 6) is 1.49. The number of thiazole rings is 1. The van der Waals surface area contributed by atoms with Gasteiger partial charge in [-0.15, -0.1) is 11.3 Å². The zero-order chi connectivity index (χ0) is 15.4. The molecule has 6 heteroatoms. The molecule has 3 aromatic heterocycles. The van der Waals surface area contributed by atoms with Gasteiger partial charge < -0.3 is 5.32 Å². The van der Waals surface area contributed by atoms with E-state index in [0.29, 0.717) is 12.4 Å². The summed E-state index contributed by atoms with van der Waals surface area (Å²) < 4.78 is 0. The first-order chi connectivity index (χ1) is 10.7. The molecule has 0 saturated carbocycles. The molecule has 0 amide bonds. The minimum atomic E-state index is 0.674. The molecule has 0 aliphatic heterocycles. The SMILES string of the molecule is CCc1cnc(CNc2cc(C)nc(-c3cccnc3)n2)s1. The second-order valence-electron chi connectivity index (χ2n) is 4.89. The number of rotatable bonds is 5. The first-order valence-corrected chi connectivity index (χ1v) is 8.00. The van der Waals surface area contributed by atoms with E-state index in [1.54, 1.807) is 23.7 Å². The van der Waals surface area contributed by atoms with Crippen molar-refractivity contribution in [2.75, 3.05) is 5.32 Å². The van der Waals surface area contributed by atoms with Crippen LogP contribution < -0.4 is 5.32 Å². The van der Waals surface area contributed by atoms with Crippen LogP contribution in [-0.2, 0) is 13.0 Å². The molecule has 1 N–H and O–H groups in total. The second-order valence-corrected chi connectivity index (χ2v) is 6.09. The maximum absolute atomic E-state index is 4.56. The zero-order valence-corrected chi connectivity index (χ0v) is 13.4. The number of nitrogens with zero attached hydrogens (tertiary/aromatic N) is 4. The van der Waals surface area contributed by atoms with Gasteiger partial charge in [-0.3, -0.25) is 4.98 Å². The number of nitrogens with one attached hydrogen (secondary N) is 1. The fourth-order valence-electron chi connectivity index (χ4n) is 2.04. The zero-order valence-electron chi connectivity index (χ0n) is 12.6. The van der Waals surface area contributed by atoms with Crippen molar-refractivity contribution in [2.45, 2.75) is 26.8 Å². The predicted molar refractivity (Wildman–Crippen MR) is 88.8 cm³/mol. The van der Waals surface area contributed by atoms with Crippen LogP contribution >= 0.6 is 11.3 Å². The Labute approximate surface area is 133 Å². The first kappa shape index (κ1) is 14.6. The fraction of sp³-hybridized carbons (Fsp3) is 0.250. The van der Waals surface area contributed by atoms with E-state index in [2.05, 4.69) is 32.2 Å². The van der Waals surface area contributed by atoms with Crippen molar-refractivity contribution in [1.82, 2.24) is 19.9 Å². The predicted octanol–water partition coefficient (Wildman–Crippen LogP) is 3.48. The molecule has 0 fully saturated rings. The van der Waals surface area contributed by atoms with Crippen molar-refractivity contribution in [2.24, 2.45) is 0 Å². The average Bonchev–Trinajstić information content (AvgIpc) is 3.01. The quantitative estimate of drug-likeness (QED) is 0.781. The highest BCUT2D eigenvalue weighted by atomic mass is 32.1. The number of anilines is 1. The molecule has 0 aromatic carbocycles. The third-order valence-electron chi connectivity index (χ3n) is 3.14. The van der Waals surface area contributed by atoms with Crippen molar-refractivity contribution in [1.29, 1.82) is 0 Å². The Morgan fingerprint density at radius 2 is 2.14 bits per heavy atom. The summed E-state index contributed by atoms with van der Waals surface area (Å²) in [5, 5.41) is 4.39. The summed E-state index contributed by atoms with van der Waals surface area (Å²) in [7, 11) is 0. The minimum absolute atomic E-state index is 0.674. The smallest absolute Gasteiger partial charge is 0.163 e. The van der Waals surface area contributed by atoms with Crippen LogP contribution in [-0.4, -0.2) is 19.9 Å². The van der Waals surface area contributed by atoms with Crippen LogP contribution in [0.2, 0.25) is 0 Å². The van der Waals surface area contributed by atoms with Gasteiger partial charge in [0.15, 0.2) is 5.82 Å². The molecule has 0 aliphatic carbocycles. The van der Waals surface area contributed by atoms with Crippen LogP contribution in [0.3, 0.4) is 0 Å². The molecule has 0 saturated heterocycles. The molecule has 0 radical (unpaired) electrons. The molecule has 0 unspecified atom stereocenters. The van der Waals surface area contributed by atoms with Gasteiger partial charge in [0.25, 0.3) is 0 Å². The Kier molecular flexibility index (Phi) is 4.39. The molecule has 0 bridgehead atoms. The lowest BCUT2D eigenvalue weighted by atomic mass is 10.2. The van der Waals surface area contributed by atoms with Gasteiger partial charge in [-0.2, -0.15) is 0 Å². The van der Waals surface area contributed by atoms with Crippen LogP contribution in [0.4, 0.5) is 5.82 Å². The van der Waals surface area contributed by atoms with Crippen LogP contribution in [0, 0.1) is 6.92 Å². The van der Waals surface area contributed by atoms with E-state index in [1.165, 1.54) is 4.88 Å². The highest BCUT2D eigenvalue weighted by Crippen LogP contribution is 2.18. The summed E-state index contributed by atoms with van der Waals surface area (Å²) in [6, 6.07) is 5.78. The van der Waals surface area contributed by atoms with Gasteiger partial charge in [-0.05, 0) is 25.5 Å². The summed E-state index contributed by atoms with van der Waals surface area (Å²) in [6.07, 6.45) is 6.47. The van der Waals surface area contributed by atoms with Crippen molar-refractivity contribution in [3.8, 4) is 11.4 Å². The molecule has 0 aliphatic rings. The molecule has 3 aromatic rings. The van der Waals surface area contributed by atoms with E-state index >= 15 is 0 Å². The Morgan fingerprint density at radius 1 is 1.23 bits per heavy atom. The van der Waals surface area contributed by atoms with Crippen molar-refractivity contribution >= 4 is 17.2 Å². The van der Waals surface area contributed by atoms with E-state index in [9.17, 15) is 0 Å². The van der Waals surface area contributed by atoms with E-state index < -0.39 is 0 Å². The topological polar surface area (TPSA) is 63.6 Å². The monoisotopic (exact) mass is 311 g/mol. The number of hydrogen-bond donors (Lipinski definition) is 1. The molecule has 3 heterocycles. The molecular formula is C16H17N5S. The van der Waals surface area contributed by atoms with Gasteiger partial charge in [0, 0.05) is 40.8 Å². The number of aryl methyl sites for hydroxylation is 2. The third-order valence-corrected chi connectivity index (χ3v) is 4.29. The lowest BCUT2D eigenvalue weighted by molar-refractivity contribution is 1.04. The van der Waals surface area contributed by atoms with Gasteiger partial charge in [0.2, 0.25) is 0 Å². The minimum Gasteiger partial charge on any atom is -0.363 e. The first-order valence-electron chi connectivity index (χ1n) is 7.18. The highest BCUT2D eigenvalue weighted by molar-refractivity contribution is 7.11. The number of aromatic nitrogens is 4. The molecule has 0 atom stereocenters. The van der Waals surface area contributed by atoms with Crippen molar-refractivity contribution < 1.29 is 0 Å². The molecule has 3 rings (SSSR count). The van der Waals surface area contributed by atoms with E-state index in [1.807, 2.05) is 31.3 Å². The van der Waals surface area contributed by atoms with Crippen LogP contribution in [0.25, 0.3) is 11.4 Å². The normalized spacial score (nSPS) is 10.6. The summed E-state index contributed by atoms with van der Waals surface area (Å²) in [4.78, 5) is 18.9. The number of hydrogen-bond acceptors (Lipinski definition) is 6. The Balaban J connectivity index is 1.78. The molecule has 112 valence electrons. The van der Waals surface area contributed by atoms with Crippen LogP contribution in [0.5, 0.6) is 0 Å². The van der Waals surface area contributed by atoms with E-state index in [-0.39, 0.29) is 0 Å². The van der Waals surface area contributed by atoms with Crippen molar-refractivity contribution in [3.63, 3.8) is 0 Å². The average molecular weight is 311 g/mol. The van der Waals surface area contributed by atoms with Gasteiger partial charge in [0.05, 0.1) is 6.54 Å². The summed E-state index contributed by atoms with van der Waals surface area (Å²) >= 11 is 1.73. The highest BCUT2D eigenvalue weighted by Gasteiger charge is 2.06. The standard InChI is InChI=1S/C16H17N5S/c1-3-13-9-19-15(22-13)10-18-14-7-11(2)20-16(21-14)12-5-4-6-17-8-12/h4-9H,3,10H2,1-2H3,(H,18,20,21). The summed E-state index contributed by atoms with van der Waals surface area (Å²) in [6.45, 7) is 4.78. The third kappa shape index (κ3) is 3.46. The second kappa shape index (κ2) is 6.62. The summed E-state index contributed by atoms with van der Waals surface area (Å²) in [5.41, 5.74) is 1.83. The van der Waals surface area contributed by atoms with Crippen LogP contribution in [0.1, 0.15) is 22.5 Å². The van der Waals surface area contributed by atoms with Gasteiger partial charge in [0.1, 0.15) is 10.8 Å². The van der Waals surface area contributed by atoms with E-state index in [4.69, 9.17) is 0 Å². The van der Waals surface area contributed by atoms with Gasteiger partial charge in [-0.25, -0.2) is 15.0 Å². The maximum atomic E-state index is 4.56. The fourth-order valence-corrected chi connectivity index (χ4v) is 2.84. The lowest BCUT2D eigenvalue weighted by Gasteiger charge is -2.07. The maximum Gasteiger partial charge on any atom is 0.163 e. The lowest BCUT2D eigenvalue weighted by Crippen LogP contribution is -2.03. The molecule has 22 heavy (non-hydrogen) atoms. The molecular weight excluding hydrogens is 294 g/mol. The molecule has 5 nitrogen and oxygen atoms in total. The van der Waals surface area contributed by atoms with Gasteiger partial charge in [-0.1, -0.05) is 6.92 Å². The van der Waals surface area contributed by atoms with Crippen molar-refractivity contribution in [3.05, 3.63) is 52.4 Å². The Morgan fingerprint density at radius 3 is 2.86 bits per heavy atom. The van der Waals surface area contributed by atoms with Gasteiger partial charge >= 0.3 is 0 Å².